The Labute approximate surface area is 261 Å². The van der Waals surface area contributed by atoms with E-state index in [1.807, 2.05) is 69.8 Å². The number of likely N-dealkylation sites (tertiary alicyclic amines) is 1. The number of aryl methyl sites for hydroxylation is 2. The summed E-state index contributed by atoms with van der Waals surface area (Å²) < 4.78 is 9.05. The first-order valence-corrected chi connectivity index (χ1v) is 15.8. The van der Waals surface area contributed by atoms with Gasteiger partial charge in [0.25, 0.3) is 0 Å². The van der Waals surface area contributed by atoms with E-state index in [2.05, 4.69) is 36.9 Å². The quantitative estimate of drug-likeness (QED) is 0.198. The summed E-state index contributed by atoms with van der Waals surface area (Å²) in [6.45, 7) is 14.0. The predicted octanol–water partition coefficient (Wildman–Crippen LogP) is 8.23. The summed E-state index contributed by atoms with van der Waals surface area (Å²) in [4.78, 5) is 20.2. The highest BCUT2D eigenvalue weighted by Gasteiger charge is 2.34. The van der Waals surface area contributed by atoms with Crippen LogP contribution >= 0.6 is 22.9 Å². The normalized spacial score (nSPS) is 15.5. The number of carbonyl (C=O) groups is 1. The van der Waals surface area contributed by atoms with Gasteiger partial charge in [0, 0.05) is 59.2 Å². The molecule has 3 heterocycles. The topological polar surface area (TPSA) is 80.5 Å². The minimum Gasteiger partial charge on any atom is -0.479 e. The van der Waals surface area contributed by atoms with Crippen LogP contribution in [-0.4, -0.2) is 55.5 Å². The number of hydrogen-bond acceptors (Lipinski definition) is 6. The van der Waals surface area contributed by atoms with Gasteiger partial charge in [0.05, 0.1) is 27.0 Å². The second-order valence-electron chi connectivity index (χ2n) is 12.8. The Balaban J connectivity index is 1.52. The van der Waals surface area contributed by atoms with Crippen LogP contribution in [0.25, 0.3) is 42.8 Å². The molecule has 2 aromatic heterocycles. The van der Waals surface area contributed by atoms with Gasteiger partial charge in [-0.1, -0.05) is 23.7 Å². The number of rotatable bonds is 7. The molecule has 224 valence electrons. The zero-order valence-electron chi connectivity index (χ0n) is 25.6. The summed E-state index contributed by atoms with van der Waals surface area (Å²) in [6, 6.07) is 16.5. The number of nitrogens with zero attached hydrogens (tertiary/aromatic N) is 4. The Morgan fingerprint density at radius 3 is 2.40 bits per heavy atom. The highest BCUT2D eigenvalue weighted by Crippen LogP contribution is 2.45. The van der Waals surface area contributed by atoms with Crippen molar-refractivity contribution >= 4 is 50.0 Å². The maximum absolute atomic E-state index is 12.7. The third-order valence-corrected chi connectivity index (χ3v) is 9.56. The lowest BCUT2D eigenvalue weighted by molar-refractivity contribution is -0.160. The lowest BCUT2D eigenvalue weighted by atomic mass is 9.91. The van der Waals surface area contributed by atoms with Gasteiger partial charge < -0.3 is 9.84 Å². The van der Waals surface area contributed by atoms with E-state index in [0.29, 0.717) is 22.5 Å². The fourth-order valence-electron chi connectivity index (χ4n) is 6.00. The second kappa shape index (κ2) is 11.0. The summed E-state index contributed by atoms with van der Waals surface area (Å²) in [5, 5.41) is 17.9. The van der Waals surface area contributed by atoms with Crippen molar-refractivity contribution in [3.8, 4) is 21.7 Å². The predicted molar refractivity (Wildman–Crippen MR) is 175 cm³/mol. The molecule has 0 bridgehead atoms. The molecule has 1 aliphatic heterocycles. The number of thiazole rings is 1. The zero-order chi connectivity index (χ0) is 30.8. The number of fused-ring (bicyclic) bond motifs is 2. The molecular weight excluding hydrogens is 580 g/mol. The van der Waals surface area contributed by atoms with Crippen LogP contribution in [0.3, 0.4) is 0 Å². The molecule has 3 aromatic carbocycles. The third-order valence-electron chi connectivity index (χ3n) is 8.17. The molecule has 0 amide bonds. The van der Waals surface area contributed by atoms with E-state index < -0.39 is 17.7 Å². The maximum atomic E-state index is 12.7. The first kappa shape index (κ1) is 29.8. The number of ether oxygens (including phenoxy) is 1. The lowest BCUT2D eigenvalue weighted by Crippen LogP contribution is -2.48. The van der Waals surface area contributed by atoms with Crippen molar-refractivity contribution in [1.29, 1.82) is 0 Å². The number of carboxylic acid groups (broad SMARTS) is 1. The monoisotopic (exact) mass is 616 g/mol. The van der Waals surface area contributed by atoms with Crippen molar-refractivity contribution in [1.82, 2.24) is 19.7 Å². The van der Waals surface area contributed by atoms with Gasteiger partial charge in [0.1, 0.15) is 5.01 Å². The Morgan fingerprint density at radius 1 is 1.09 bits per heavy atom. The van der Waals surface area contributed by atoms with Gasteiger partial charge in [0.15, 0.2) is 6.10 Å². The average molecular weight is 617 g/mol. The van der Waals surface area contributed by atoms with Crippen molar-refractivity contribution in [2.45, 2.75) is 65.2 Å². The van der Waals surface area contributed by atoms with Crippen LogP contribution in [0.5, 0.6) is 0 Å². The Morgan fingerprint density at radius 2 is 1.77 bits per heavy atom. The summed E-state index contributed by atoms with van der Waals surface area (Å²) >= 11 is 7.83. The fourth-order valence-corrected chi connectivity index (χ4v) is 7.24. The van der Waals surface area contributed by atoms with Crippen LogP contribution < -0.4 is 0 Å². The van der Waals surface area contributed by atoms with Gasteiger partial charge in [-0.2, -0.15) is 5.10 Å². The Hall–Kier alpha value is -3.30. The minimum absolute atomic E-state index is 0.411. The number of carboxylic acids is 1. The molecule has 43 heavy (non-hydrogen) atoms. The van der Waals surface area contributed by atoms with Gasteiger partial charge in [-0.3, -0.25) is 9.58 Å². The highest BCUT2D eigenvalue weighted by molar-refractivity contribution is 7.22. The fraction of sp³-hybridized carbons (Fsp3) is 0.382. The van der Waals surface area contributed by atoms with E-state index in [0.717, 1.165) is 67.2 Å². The molecular formula is C34H37ClN4O3S. The van der Waals surface area contributed by atoms with E-state index in [9.17, 15) is 9.90 Å². The van der Waals surface area contributed by atoms with E-state index in [-0.39, 0.29) is 0 Å². The summed E-state index contributed by atoms with van der Waals surface area (Å²) in [6.07, 6.45) is -1.15. The van der Waals surface area contributed by atoms with E-state index in [4.69, 9.17) is 26.4 Å². The van der Waals surface area contributed by atoms with Gasteiger partial charge in [-0.25, -0.2) is 9.78 Å². The van der Waals surface area contributed by atoms with Gasteiger partial charge >= 0.3 is 5.97 Å². The minimum atomic E-state index is -1.15. The molecule has 1 aliphatic rings. The van der Waals surface area contributed by atoms with Crippen LogP contribution in [0.4, 0.5) is 0 Å². The molecule has 0 aliphatic carbocycles. The van der Waals surface area contributed by atoms with Gasteiger partial charge in [-0.15, -0.1) is 11.3 Å². The molecule has 1 fully saturated rings. The number of aromatic nitrogens is 3. The first-order valence-electron chi connectivity index (χ1n) is 14.6. The summed E-state index contributed by atoms with van der Waals surface area (Å²) in [7, 11) is 2.00. The van der Waals surface area contributed by atoms with Crippen molar-refractivity contribution < 1.29 is 14.6 Å². The van der Waals surface area contributed by atoms with Gasteiger partial charge in [0.2, 0.25) is 0 Å². The summed E-state index contributed by atoms with van der Waals surface area (Å²) in [5.41, 5.74) is 6.56. The Kier molecular flexibility index (Phi) is 7.62. The largest absolute Gasteiger partial charge is 0.479 e. The molecule has 0 radical (unpaired) electrons. The molecule has 1 unspecified atom stereocenters. The number of halogens is 1. The second-order valence-corrected chi connectivity index (χ2v) is 14.2. The molecule has 6 rings (SSSR count). The highest BCUT2D eigenvalue weighted by atomic mass is 35.5. The number of aliphatic carboxylic acids is 1. The number of benzene rings is 3. The SMILES string of the molecule is Cc1cc2nc(-c3ccc4c(c3)c(C3CN(C(C)C)C3)nn4C)sc2c(-c2ccc(Cl)cc2)c1C(OC(C)(C)C)C(=O)O. The molecule has 0 spiro atoms. The van der Waals surface area contributed by atoms with Crippen LogP contribution in [0, 0.1) is 6.92 Å². The molecule has 0 saturated carbocycles. The Bertz CT molecular complexity index is 1850. The smallest absolute Gasteiger partial charge is 0.337 e. The molecule has 1 atom stereocenters. The molecule has 1 N–H and O–H groups in total. The van der Waals surface area contributed by atoms with Gasteiger partial charge in [-0.05, 0) is 89.1 Å². The average Bonchev–Trinajstić information content (AvgIpc) is 3.46. The summed E-state index contributed by atoms with van der Waals surface area (Å²) in [5.74, 6) is -0.617. The van der Waals surface area contributed by atoms with Crippen LogP contribution in [0.1, 0.15) is 63.5 Å². The van der Waals surface area contributed by atoms with Crippen molar-refractivity contribution in [3.05, 3.63) is 70.4 Å². The van der Waals surface area contributed by atoms with Crippen LogP contribution in [-0.2, 0) is 16.6 Å². The lowest BCUT2D eigenvalue weighted by Gasteiger charge is -2.41. The molecule has 7 nitrogen and oxygen atoms in total. The zero-order valence-corrected chi connectivity index (χ0v) is 27.2. The maximum Gasteiger partial charge on any atom is 0.337 e. The van der Waals surface area contributed by atoms with Crippen molar-refractivity contribution in [2.75, 3.05) is 13.1 Å². The van der Waals surface area contributed by atoms with Crippen molar-refractivity contribution in [2.24, 2.45) is 7.05 Å². The van der Waals surface area contributed by atoms with E-state index in [1.165, 1.54) is 0 Å². The third kappa shape index (κ3) is 5.57. The van der Waals surface area contributed by atoms with E-state index in [1.54, 1.807) is 11.3 Å². The first-order chi connectivity index (χ1) is 20.3. The number of hydrogen-bond donors (Lipinski definition) is 1. The van der Waals surface area contributed by atoms with Crippen LogP contribution in [0.2, 0.25) is 5.02 Å². The standard InChI is InChI=1S/C34H37ClN4O3S/c1-18(2)39-16-22(17-39)29-24-15-21(10-13-26(24)38(7)37-29)32-36-25-14-19(3)27(30(33(40)41)42-34(4,5)6)28(31(25)43-32)20-8-11-23(35)12-9-20/h8-15,18,22,30H,16-17H2,1-7H3,(H,40,41). The molecule has 1 saturated heterocycles. The van der Waals surface area contributed by atoms with Crippen LogP contribution in [0.15, 0.2) is 48.5 Å². The molecule has 9 heteroatoms. The van der Waals surface area contributed by atoms with Crippen molar-refractivity contribution in [3.63, 3.8) is 0 Å². The van der Waals surface area contributed by atoms with E-state index >= 15 is 0 Å². The molecule has 5 aromatic rings.